The van der Waals surface area contributed by atoms with Crippen molar-refractivity contribution >= 4 is 17.6 Å². The number of aromatic nitrogens is 2. The molecule has 1 heterocycles. The topological polar surface area (TPSA) is 47.4 Å². The highest BCUT2D eigenvalue weighted by Crippen LogP contribution is 2.36. The Balaban J connectivity index is 2.26. The predicted molar refractivity (Wildman–Crippen MR) is 82.3 cm³/mol. The van der Waals surface area contributed by atoms with Gasteiger partial charge in [0.2, 0.25) is 0 Å². The largest absolute Gasteiger partial charge is 0.468 e. The van der Waals surface area contributed by atoms with Crippen molar-refractivity contribution in [1.82, 2.24) is 14.7 Å². The van der Waals surface area contributed by atoms with E-state index >= 15 is 0 Å². The third-order valence-electron chi connectivity index (χ3n) is 4.64. The molecule has 0 N–H and O–H groups in total. The van der Waals surface area contributed by atoms with E-state index in [1.807, 2.05) is 21.0 Å². The van der Waals surface area contributed by atoms with Crippen LogP contribution in [0.25, 0.3) is 0 Å². The lowest BCUT2D eigenvalue weighted by atomic mass is 9.80. The summed E-state index contributed by atoms with van der Waals surface area (Å²) in [6, 6.07) is 0. The van der Waals surface area contributed by atoms with E-state index in [2.05, 4.69) is 10.00 Å². The van der Waals surface area contributed by atoms with Gasteiger partial charge in [-0.3, -0.25) is 14.4 Å². The van der Waals surface area contributed by atoms with Crippen molar-refractivity contribution < 1.29 is 9.53 Å². The molecule has 0 saturated heterocycles. The highest BCUT2D eigenvalue weighted by molar-refractivity contribution is 6.30. The van der Waals surface area contributed by atoms with Crippen LogP contribution in [0.2, 0.25) is 5.15 Å². The summed E-state index contributed by atoms with van der Waals surface area (Å²) in [5.74, 6) is -0.137. The molecule has 5 nitrogen and oxygen atoms in total. The third kappa shape index (κ3) is 2.94. The molecular formula is C15H24ClN3O2. The number of likely N-dealkylation sites (N-methyl/N-ethyl adjacent to an activating group) is 1. The van der Waals surface area contributed by atoms with Gasteiger partial charge in [0.05, 0.1) is 12.8 Å². The van der Waals surface area contributed by atoms with Crippen molar-refractivity contribution in [2.45, 2.75) is 51.1 Å². The lowest BCUT2D eigenvalue weighted by Crippen LogP contribution is -2.54. The van der Waals surface area contributed by atoms with Crippen LogP contribution < -0.4 is 0 Å². The average molecular weight is 314 g/mol. The van der Waals surface area contributed by atoms with Gasteiger partial charge >= 0.3 is 5.97 Å². The number of rotatable bonds is 4. The van der Waals surface area contributed by atoms with Crippen LogP contribution >= 0.6 is 11.6 Å². The van der Waals surface area contributed by atoms with Crippen LogP contribution in [0.1, 0.15) is 43.4 Å². The van der Waals surface area contributed by atoms with Gasteiger partial charge in [0.1, 0.15) is 10.7 Å². The number of carbonyl (C=O) groups is 1. The van der Waals surface area contributed by atoms with Gasteiger partial charge in [-0.05, 0) is 26.8 Å². The summed E-state index contributed by atoms with van der Waals surface area (Å²) in [6.07, 6.45) is 4.97. The number of ether oxygens (including phenoxy) is 1. The maximum Gasteiger partial charge on any atom is 0.326 e. The van der Waals surface area contributed by atoms with Gasteiger partial charge in [0, 0.05) is 19.2 Å². The number of hydrogen-bond donors (Lipinski definition) is 0. The Kier molecular flexibility index (Phi) is 4.94. The van der Waals surface area contributed by atoms with E-state index in [4.69, 9.17) is 16.3 Å². The van der Waals surface area contributed by atoms with Crippen molar-refractivity contribution in [1.29, 1.82) is 0 Å². The number of aryl methyl sites for hydroxylation is 2. The van der Waals surface area contributed by atoms with E-state index in [1.165, 1.54) is 13.5 Å². The Morgan fingerprint density at radius 3 is 2.52 bits per heavy atom. The Morgan fingerprint density at radius 1 is 1.43 bits per heavy atom. The van der Waals surface area contributed by atoms with E-state index in [1.54, 1.807) is 4.68 Å². The minimum Gasteiger partial charge on any atom is -0.468 e. The fourth-order valence-corrected chi connectivity index (χ4v) is 3.54. The van der Waals surface area contributed by atoms with Gasteiger partial charge in [-0.1, -0.05) is 30.9 Å². The van der Waals surface area contributed by atoms with Crippen molar-refractivity contribution in [3.8, 4) is 0 Å². The van der Waals surface area contributed by atoms with Crippen LogP contribution in [0.5, 0.6) is 0 Å². The van der Waals surface area contributed by atoms with E-state index in [0.29, 0.717) is 11.7 Å². The number of esters is 1. The predicted octanol–water partition coefficient (Wildman–Crippen LogP) is 2.69. The van der Waals surface area contributed by atoms with Crippen molar-refractivity contribution in [3.05, 3.63) is 16.4 Å². The number of methoxy groups -OCH3 is 1. The van der Waals surface area contributed by atoms with Gasteiger partial charge < -0.3 is 4.74 Å². The lowest BCUT2D eigenvalue weighted by Gasteiger charge is -2.42. The summed E-state index contributed by atoms with van der Waals surface area (Å²) in [7, 11) is 5.27. The van der Waals surface area contributed by atoms with Gasteiger partial charge in [-0.15, -0.1) is 0 Å². The summed E-state index contributed by atoms with van der Waals surface area (Å²) in [5, 5.41) is 4.97. The summed E-state index contributed by atoms with van der Waals surface area (Å²) in [6.45, 7) is 2.55. The van der Waals surface area contributed by atoms with Crippen LogP contribution in [0.15, 0.2) is 0 Å². The highest BCUT2D eigenvalue weighted by atomic mass is 35.5. The monoisotopic (exact) mass is 313 g/mol. The molecule has 0 amide bonds. The Labute approximate surface area is 131 Å². The zero-order valence-corrected chi connectivity index (χ0v) is 14.0. The van der Waals surface area contributed by atoms with Gasteiger partial charge in [-0.2, -0.15) is 5.10 Å². The van der Waals surface area contributed by atoms with Crippen LogP contribution in [0, 0.1) is 6.92 Å². The van der Waals surface area contributed by atoms with Gasteiger partial charge in [0.15, 0.2) is 0 Å². The van der Waals surface area contributed by atoms with Crippen LogP contribution in [-0.4, -0.2) is 40.3 Å². The molecule has 0 aromatic carbocycles. The zero-order valence-electron chi connectivity index (χ0n) is 13.3. The first-order valence-electron chi connectivity index (χ1n) is 7.40. The number of nitrogens with zero attached hydrogens (tertiary/aromatic N) is 3. The molecule has 1 aliphatic carbocycles. The third-order valence-corrected chi connectivity index (χ3v) is 5.11. The molecular weight excluding hydrogens is 290 g/mol. The molecule has 0 spiro atoms. The molecule has 0 aliphatic heterocycles. The molecule has 1 saturated carbocycles. The normalized spacial score (nSPS) is 18.0. The molecule has 1 aromatic rings. The molecule has 0 radical (unpaired) electrons. The van der Waals surface area contributed by atoms with E-state index in [0.717, 1.165) is 36.9 Å². The number of carbonyl (C=O) groups excluding carboxylic acids is 1. The van der Waals surface area contributed by atoms with Crippen molar-refractivity contribution in [3.63, 3.8) is 0 Å². The molecule has 118 valence electrons. The Hall–Kier alpha value is -1.07. The van der Waals surface area contributed by atoms with Crippen LogP contribution in [0.4, 0.5) is 0 Å². The van der Waals surface area contributed by atoms with E-state index in [9.17, 15) is 4.79 Å². The fraction of sp³-hybridized carbons (Fsp3) is 0.733. The zero-order chi connectivity index (χ0) is 15.6. The van der Waals surface area contributed by atoms with Crippen LogP contribution in [0.3, 0.4) is 0 Å². The summed E-state index contributed by atoms with van der Waals surface area (Å²) < 4.78 is 6.76. The summed E-state index contributed by atoms with van der Waals surface area (Å²) in [4.78, 5) is 14.5. The van der Waals surface area contributed by atoms with Gasteiger partial charge in [-0.25, -0.2) is 0 Å². The number of hydrogen-bond acceptors (Lipinski definition) is 4. The maximum atomic E-state index is 12.4. The lowest BCUT2D eigenvalue weighted by molar-refractivity contribution is -0.157. The molecule has 1 aromatic heterocycles. The van der Waals surface area contributed by atoms with E-state index in [-0.39, 0.29) is 5.97 Å². The molecule has 1 fully saturated rings. The molecule has 2 rings (SSSR count). The second-order valence-corrected chi connectivity index (χ2v) is 6.28. The summed E-state index contributed by atoms with van der Waals surface area (Å²) >= 11 is 6.31. The summed E-state index contributed by atoms with van der Waals surface area (Å²) in [5.41, 5.74) is 1.36. The molecule has 0 atom stereocenters. The molecule has 0 unspecified atom stereocenters. The highest BCUT2D eigenvalue weighted by Gasteiger charge is 2.44. The fourth-order valence-electron chi connectivity index (χ4n) is 3.31. The minimum atomic E-state index is -0.529. The van der Waals surface area contributed by atoms with Crippen LogP contribution in [-0.2, 0) is 23.1 Å². The number of halogens is 1. The first-order valence-corrected chi connectivity index (χ1v) is 7.78. The Bertz CT molecular complexity index is 521. The second kappa shape index (κ2) is 6.36. The maximum absolute atomic E-state index is 12.4. The molecule has 1 aliphatic rings. The van der Waals surface area contributed by atoms with Crippen molar-refractivity contribution in [2.75, 3.05) is 14.2 Å². The quantitative estimate of drug-likeness (QED) is 0.802. The van der Waals surface area contributed by atoms with Crippen molar-refractivity contribution in [2.24, 2.45) is 7.05 Å². The SMILES string of the molecule is COC(=O)C1(N(C)Cc2c(C)nn(C)c2Cl)CCCCC1. The first kappa shape index (κ1) is 16.3. The minimum absolute atomic E-state index is 0.137. The molecule has 6 heteroatoms. The molecule has 0 bridgehead atoms. The first-order chi connectivity index (χ1) is 9.92. The molecule has 21 heavy (non-hydrogen) atoms. The van der Waals surface area contributed by atoms with E-state index < -0.39 is 5.54 Å². The van der Waals surface area contributed by atoms with Gasteiger partial charge in [0.25, 0.3) is 0 Å². The standard InChI is InChI=1S/C15H24ClN3O2/c1-11-12(13(16)19(3)17-11)10-18(2)15(14(20)21-4)8-6-5-7-9-15/h5-10H2,1-4H3. The second-order valence-electron chi connectivity index (χ2n) is 5.92. The average Bonchev–Trinajstić information content (AvgIpc) is 2.73. The Morgan fingerprint density at radius 2 is 2.05 bits per heavy atom. The smallest absolute Gasteiger partial charge is 0.326 e.